The summed E-state index contributed by atoms with van der Waals surface area (Å²) in [7, 11) is 0. The Hall–Kier alpha value is -1.30. The first kappa shape index (κ1) is 14.1. The molecule has 19 heavy (non-hydrogen) atoms. The number of amides is 1. The molecule has 0 bridgehead atoms. The highest BCUT2D eigenvalue weighted by Gasteiger charge is 2.48. The molecular weight excluding hydrogens is 244 g/mol. The lowest BCUT2D eigenvalue weighted by molar-refractivity contribution is -0.131. The van der Waals surface area contributed by atoms with Crippen LogP contribution in [0.25, 0.3) is 0 Å². The predicted molar refractivity (Wildman–Crippen MR) is 72.9 cm³/mol. The van der Waals surface area contributed by atoms with Crippen LogP contribution in [0, 0.1) is 11.3 Å². The molecule has 1 amide bonds. The van der Waals surface area contributed by atoms with Gasteiger partial charge in [-0.15, -0.1) is 0 Å². The fraction of sp³-hybridized carbons (Fsp3) is 0.846. The van der Waals surface area contributed by atoms with E-state index in [4.69, 9.17) is 10.9 Å². The van der Waals surface area contributed by atoms with Gasteiger partial charge in [0, 0.05) is 13.1 Å². The van der Waals surface area contributed by atoms with Gasteiger partial charge in [0.15, 0.2) is 5.84 Å². The van der Waals surface area contributed by atoms with Gasteiger partial charge in [-0.3, -0.25) is 4.79 Å². The van der Waals surface area contributed by atoms with Crippen molar-refractivity contribution in [2.45, 2.75) is 32.6 Å². The average Bonchev–Trinajstić information content (AvgIpc) is 2.82. The van der Waals surface area contributed by atoms with Gasteiger partial charge in [-0.05, 0) is 38.3 Å². The standard InChI is InChI=1S/C13H24N4O2/c1-2-17-7-4-10(9-17)8-15-12(18)13(5-3-6-13)11(14)16-19/h10,19H,2-9H2,1H3,(H2,14,16)(H,15,18). The summed E-state index contributed by atoms with van der Waals surface area (Å²) in [5.74, 6) is 0.496. The molecule has 1 saturated carbocycles. The van der Waals surface area contributed by atoms with E-state index in [0.29, 0.717) is 25.3 Å². The normalized spacial score (nSPS) is 27.0. The summed E-state index contributed by atoms with van der Waals surface area (Å²) >= 11 is 0. The van der Waals surface area contributed by atoms with Crippen molar-refractivity contribution in [1.29, 1.82) is 0 Å². The molecule has 0 radical (unpaired) electrons. The Balaban J connectivity index is 1.84. The number of likely N-dealkylation sites (tertiary alicyclic amines) is 1. The molecular formula is C13H24N4O2. The Morgan fingerprint density at radius 1 is 1.58 bits per heavy atom. The zero-order chi connectivity index (χ0) is 13.9. The highest BCUT2D eigenvalue weighted by Crippen LogP contribution is 2.41. The SMILES string of the molecule is CCN1CCC(CNC(=O)C2(C(N)=NO)CCC2)C1. The van der Waals surface area contributed by atoms with Gasteiger partial charge in [-0.25, -0.2) is 0 Å². The molecule has 1 unspecified atom stereocenters. The molecule has 0 aromatic heterocycles. The Labute approximate surface area is 114 Å². The van der Waals surface area contributed by atoms with Crippen LogP contribution in [0.3, 0.4) is 0 Å². The minimum atomic E-state index is -0.752. The van der Waals surface area contributed by atoms with Crippen LogP contribution < -0.4 is 11.1 Å². The average molecular weight is 268 g/mol. The first-order chi connectivity index (χ1) is 9.12. The second-order valence-electron chi connectivity index (χ2n) is 5.68. The fourth-order valence-electron chi connectivity index (χ4n) is 3.00. The molecule has 6 heteroatoms. The van der Waals surface area contributed by atoms with Crippen molar-refractivity contribution < 1.29 is 10.0 Å². The van der Waals surface area contributed by atoms with E-state index in [1.807, 2.05) is 0 Å². The number of nitrogens with one attached hydrogen (secondary N) is 1. The second kappa shape index (κ2) is 5.77. The van der Waals surface area contributed by atoms with Crippen LogP contribution >= 0.6 is 0 Å². The molecule has 6 nitrogen and oxygen atoms in total. The third kappa shape index (κ3) is 2.68. The smallest absolute Gasteiger partial charge is 0.233 e. The summed E-state index contributed by atoms with van der Waals surface area (Å²) in [4.78, 5) is 14.6. The van der Waals surface area contributed by atoms with Gasteiger partial charge >= 0.3 is 0 Å². The van der Waals surface area contributed by atoms with E-state index >= 15 is 0 Å². The van der Waals surface area contributed by atoms with Gasteiger partial charge in [0.25, 0.3) is 0 Å². The van der Waals surface area contributed by atoms with E-state index in [2.05, 4.69) is 22.3 Å². The lowest BCUT2D eigenvalue weighted by atomic mass is 9.67. The molecule has 1 aliphatic heterocycles. The third-order valence-corrected chi connectivity index (χ3v) is 4.61. The lowest BCUT2D eigenvalue weighted by Gasteiger charge is -2.38. The number of nitrogens with zero attached hydrogens (tertiary/aromatic N) is 2. The maximum Gasteiger partial charge on any atom is 0.233 e. The van der Waals surface area contributed by atoms with Crippen molar-refractivity contribution in [3.05, 3.63) is 0 Å². The first-order valence-corrected chi connectivity index (χ1v) is 7.11. The molecule has 4 N–H and O–H groups in total. The number of carbonyl (C=O) groups is 1. The molecule has 1 heterocycles. The number of rotatable bonds is 5. The van der Waals surface area contributed by atoms with Crippen LogP contribution in [0.15, 0.2) is 5.16 Å². The minimum absolute atomic E-state index is 0.0536. The topological polar surface area (TPSA) is 91.0 Å². The van der Waals surface area contributed by atoms with Crippen LogP contribution in [0.2, 0.25) is 0 Å². The van der Waals surface area contributed by atoms with E-state index < -0.39 is 5.41 Å². The number of amidine groups is 1. The van der Waals surface area contributed by atoms with Crippen molar-refractivity contribution in [2.75, 3.05) is 26.2 Å². The van der Waals surface area contributed by atoms with Crippen LogP contribution in [0.1, 0.15) is 32.6 Å². The van der Waals surface area contributed by atoms with Crippen molar-refractivity contribution >= 4 is 11.7 Å². The lowest BCUT2D eigenvalue weighted by Crippen LogP contribution is -2.54. The molecule has 1 aliphatic carbocycles. The van der Waals surface area contributed by atoms with Crippen LogP contribution in [-0.4, -0.2) is 48.0 Å². The zero-order valence-electron chi connectivity index (χ0n) is 11.6. The number of hydrogen-bond acceptors (Lipinski definition) is 4. The fourth-order valence-corrected chi connectivity index (χ4v) is 3.00. The first-order valence-electron chi connectivity index (χ1n) is 7.11. The third-order valence-electron chi connectivity index (χ3n) is 4.61. The number of oxime groups is 1. The molecule has 0 aromatic rings. The van der Waals surface area contributed by atoms with Gasteiger partial charge in [0.2, 0.25) is 5.91 Å². The maximum atomic E-state index is 12.3. The van der Waals surface area contributed by atoms with Gasteiger partial charge in [-0.2, -0.15) is 0 Å². The van der Waals surface area contributed by atoms with Gasteiger partial charge in [-0.1, -0.05) is 18.5 Å². The number of nitrogens with two attached hydrogens (primary N) is 1. The molecule has 1 saturated heterocycles. The molecule has 0 aromatic carbocycles. The Morgan fingerprint density at radius 2 is 2.32 bits per heavy atom. The Bertz CT molecular complexity index is 366. The molecule has 2 rings (SSSR count). The second-order valence-corrected chi connectivity index (χ2v) is 5.68. The van der Waals surface area contributed by atoms with Crippen molar-refractivity contribution in [1.82, 2.24) is 10.2 Å². The molecule has 2 fully saturated rings. The number of carbonyl (C=O) groups excluding carboxylic acids is 1. The molecule has 2 aliphatic rings. The highest BCUT2D eigenvalue weighted by molar-refractivity contribution is 6.07. The molecule has 0 spiro atoms. The summed E-state index contributed by atoms with van der Waals surface area (Å²) in [5, 5.41) is 14.8. The van der Waals surface area contributed by atoms with Crippen molar-refractivity contribution in [3.8, 4) is 0 Å². The van der Waals surface area contributed by atoms with E-state index in [0.717, 1.165) is 32.5 Å². The van der Waals surface area contributed by atoms with E-state index in [1.54, 1.807) is 0 Å². The summed E-state index contributed by atoms with van der Waals surface area (Å²) in [6.45, 7) is 6.08. The minimum Gasteiger partial charge on any atom is -0.409 e. The molecule has 1 atom stereocenters. The van der Waals surface area contributed by atoms with Crippen LogP contribution in [0.4, 0.5) is 0 Å². The van der Waals surface area contributed by atoms with E-state index in [-0.39, 0.29) is 11.7 Å². The van der Waals surface area contributed by atoms with Gasteiger partial charge in [0.05, 0.1) is 0 Å². The zero-order valence-corrected chi connectivity index (χ0v) is 11.6. The maximum absolute atomic E-state index is 12.3. The monoisotopic (exact) mass is 268 g/mol. The van der Waals surface area contributed by atoms with E-state index in [1.165, 1.54) is 0 Å². The quantitative estimate of drug-likeness (QED) is 0.291. The summed E-state index contributed by atoms with van der Waals surface area (Å²) in [6, 6.07) is 0. The van der Waals surface area contributed by atoms with Gasteiger partial charge in [0.1, 0.15) is 5.41 Å². The summed E-state index contributed by atoms with van der Waals surface area (Å²) in [6.07, 6.45) is 3.45. The van der Waals surface area contributed by atoms with Gasteiger partial charge < -0.3 is 21.2 Å². The predicted octanol–water partition coefficient (Wildman–Crippen LogP) is 0.361. The largest absolute Gasteiger partial charge is 0.409 e. The highest BCUT2D eigenvalue weighted by atomic mass is 16.4. The van der Waals surface area contributed by atoms with Crippen LogP contribution in [0.5, 0.6) is 0 Å². The summed E-state index contributed by atoms with van der Waals surface area (Å²) in [5.41, 5.74) is 4.92. The Kier molecular flexibility index (Phi) is 4.29. The Morgan fingerprint density at radius 3 is 2.79 bits per heavy atom. The van der Waals surface area contributed by atoms with Crippen molar-refractivity contribution in [2.24, 2.45) is 22.2 Å². The van der Waals surface area contributed by atoms with Crippen molar-refractivity contribution in [3.63, 3.8) is 0 Å². The summed E-state index contributed by atoms with van der Waals surface area (Å²) < 4.78 is 0. The molecule has 108 valence electrons. The number of hydrogen-bond donors (Lipinski definition) is 3. The van der Waals surface area contributed by atoms with Crippen LogP contribution in [-0.2, 0) is 4.79 Å². The van der Waals surface area contributed by atoms with E-state index in [9.17, 15) is 4.79 Å².